The van der Waals surface area contributed by atoms with E-state index in [9.17, 15) is 9.59 Å². The average molecular weight is 385 g/mol. The first kappa shape index (κ1) is 19.3. The van der Waals surface area contributed by atoms with Crippen molar-refractivity contribution in [2.45, 2.75) is 36.7 Å². The van der Waals surface area contributed by atoms with Crippen LogP contribution in [0, 0.1) is 0 Å². The average Bonchev–Trinajstić information content (AvgIpc) is 2.67. The van der Waals surface area contributed by atoms with Crippen molar-refractivity contribution in [1.29, 1.82) is 0 Å². The molecule has 1 aliphatic rings. The van der Waals surface area contributed by atoms with Crippen LogP contribution >= 0.6 is 11.8 Å². The summed E-state index contributed by atoms with van der Waals surface area (Å²) in [6.07, 6.45) is 1.10. The molecule has 2 aromatic rings. The number of rotatable bonds is 6. The van der Waals surface area contributed by atoms with Crippen LogP contribution < -0.4 is 15.4 Å². The Bertz CT molecular complexity index is 807. The highest BCUT2D eigenvalue weighted by Gasteiger charge is 2.24. The molecule has 5 nitrogen and oxygen atoms in total. The van der Waals surface area contributed by atoms with Crippen LogP contribution in [-0.4, -0.2) is 24.7 Å². The monoisotopic (exact) mass is 384 g/mol. The van der Waals surface area contributed by atoms with Gasteiger partial charge in [-0.1, -0.05) is 30.3 Å². The maximum Gasteiger partial charge on any atom is 0.222 e. The first-order valence-corrected chi connectivity index (χ1v) is 9.97. The van der Waals surface area contributed by atoms with Gasteiger partial charge in [0.15, 0.2) is 0 Å². The molecule has 1 aliphatic heterocycles. The Kier molecular flexibility index (Phi) is 6.40. The summed E-state index contributed by atoms with van der Waals surface area (Å²) in [4.78, 5) is 25.6. The summed E-state index contributed by atoms with van der Waals surface area (Å²) in [5.74, 6) is 1.48. The summed E-state index contributed by atoms with van der Waals surface area (Å²) < 4.78 is 5.18. The van der Waals surface area contributed by atoms with Crippen LogP contribution in [0.15, 0.2) is 53.4 Å². The van der Waals surface area contributed by atoms with E-state index in [0.29, 0.717) is 0 Å². The van der Waals surface area contributed by atoms with Crippen molar-refractivity contribution in [2.75, 3.05) is 12.9 Å². The zero-order chi connectivity index (χ0) is 19.2. The minimum absolute atomic E-state index is 0.0174. The summed E-state index contributed by atoms with van der Waals surface area (Å²) in [6.45, 7) is 1.46. The van der Waals surface area contributed by atoms with Crippen molar-refractivity contribution in [2.24, 2.45) is 0 Å². The van der Waals surface area contributed by atoms with Crippen LogP contribution in [0.1, 0.15) is 43.0 Å². The molecule has 6 heteroatoms. The van der Waals surface area contributed by atoms with Crippen LogP contribution in [0.2, 0.25) is 0 Å². The third-order valence-corrected chi connectivity index (χ3v) is 5.70. The molecule has 142 valence electrons. The molecular weight excluding hydrogens is 360 g/mol. The van der Waals surface area contributed by atoms with Crippen LogP contribution in [0.25, 0.3) is 0 Å². The molecule has 2 amide bonds. The Balaban J connectivity index is 1.70. The fraction of sp³-hybridized carbons (Fsp3) is 0.333. The predicted molar refractivity (Wildman–Crippen MR) is 107 cm³/mol. The lowest BCUT2D eigenvalue weighted by molar-refractivity contribution is -0.123. The second kappa shape index (κ2) is 8.95. The molecule has 3 rings (SSSR count). The molecule has 1 heterocycles. The van der Waals surface area contributed by atoms with E-state index >= 15 is 0 Å². The van der Waals surface area contributed by atoms with E-state index in [1.54, 1.807) is 7.11 Å². The summed E-state index contributed by atoms with van der Waals surface area (Å²) in [6, 6.07) is 15.2. The maximum atomic E-state index is 12.7. The van der Waals surface area contributed by atoms with Gasteiger partial charge in [0, 0.05) is 17.6 Å². The van der Waals surface area contributed by atoms with Crippen molar-refractivity contribution in [3.05, 3.63) is 59.7 Å². The molecule has 0 saturated carbocycles. The molecule has 27 heavy (non-hydrogen) atoms. The number of ether oxygens (including phenoxy) is 1. The molecule has 0 radical (unpaired) electrons. The first-order chi connectivity index (χ1) is 13.1. The number of benzene rings is 2. The number of hydrogen-bond donors (Lipinski definition) is 2. The fourth-order valence-corrected chi connectivity index (χ4v) is 4.39. The van der Waals surface area contributed by atoms with Gasteiger partial charge < -0.3 is 15.4 Å². The predicted octanol–water partition coefficient (Wildman–Crippen LogP) is 3.62. The second-order valence-electron chi connectivity index (χ2n) is 6.53. The number of hydrogen-bond acceptors (Lipinski definition) is 4. The third kappa shape index (κ3) is 5.04. The fourth-order valence-electron chi connectivity index (χ4n) is 3.26. The summed E-state index contributed by atoms with van der Waals surface area (Å²) >= 11 is 1.82. The number of carbonyl (C=O) groups is 2. The molecule has 2 atom stereocenters. The van der Waals surface area contributed by atoms with Gasteiger partial charge in [0.1, 0.15) is 5.75 Å². The second-order valence-corrected chi connectivity index (χ2v) is 7.66. The normalized spacial score (nSPS) is 16.7. The van der Waals surface area contributed by atoms with Gasteiger partial charge in [0.05, 0.1) is 25.6 Å². The van der Waals surface area contributed by atoms with Gasteiger partial charge in [0.25, 0.3) is 0 Å². The van der Waals surface area contributed by atoms with E-state index in [2.05, 4.69) is 22.8 Å². The molecule has 0 bridgehead atoms. The smallest absolute Gasteiger partial charge is 0.222 e. The summed E-state index contributed by atoms with van der Waals surface area (Å²) in [5, 5.41) is 6.02. The molecule has 0 aliphatic carbocycles. The third-order valence-electron chi connectivity index (χ3n) is 4.58. The largest absolute Gasteiger partial charge is 0.497 e. The standard InChI is InChI=1S/C21H24N2O3S/c1-14(24)22-19(15-7-9-16(26-2)10-8-15)13-21(25)23-18-11-12-27-20-6-4-3-5-17(18)20/h3-10,18-19H,11-13H2,1-2H3,(H,22,24)(H,23,25)/t18-,19+/m1/s1. The zero-order valence-electron chi connectivity index (χ0n) is 15.5. The lowest BCUT2D eigenvalue weighted by Gasteiger charge is -2.27. The Labute approximate surface area is 163 Å². The molecule has 0 aromatic heterocycles. The molecule has 2 N–H and O–H groups in total. The van der Waals surface area contributed by atoms with E-state index in [0.717, 1.165) is 23.5 Å². The molecule has 0 fully saturated rings. The zero-order valence-corrected chi connectivity index (χ0v) is 16.3. The van der Waals surface area contributed by atoms with Crippen LogP contribution in [0.3, 0.4) is 0 Å². The van der Waals surface area contributed by atoms with E-state index in [-0.39, 0.29) is 30.3 Å². The number of methoxy groups -OCH3 is 1. The van der Waals surface area contributed by atoms with Gasteiger partial charge in [-0.2, -0.15) is 0 Å². The molecular formula is C21H24N2O3S. The highest BCUT2D eigenvalue weighted by Crippen LogP contribution is 2.36. The van der Waals surface area contributed by atoms with E-state index < -0.39 is 0 Å². The van der Waals surface area contributed by atoms with Crippen LogP contribution in [0.5, 0.6) is 5.75 Å². The highest BCUT2D eigenvalue weighted by molar-refractivity contribution is 7.99. The Morgan fingerprint density at radius 2 is 1.93 bits per heavy atom. The van der Waals surface area contributed by atoms with Gasteiger partial charge in [-0.25, -0.2) is 0 Å². The number of carbonyl (C=O) groups excluding carboxylic acids is 2. The topological polar surface area (TPSA) is 67.4 Å². The van der Waals surface area contributed by atoms with E-state index in [4.69, 9.17) is 4.74 Å². The Morgan fingerprint density at radius 3 is 2.63 bits per heavy atom. The van der Waals surface area contributed by atoms with E-state index in [1.807, 2.05) is 48.2 Å². The lowest BCUT2D eigenvalue weighted by Crippen LogP contribution is -2.35. The van der Waals surface area contributed by atoms with Crippen LogP contribution in [0.4, 0.5) is 0 Å². The molecule has 0 spiro atoms. The molecule has 0 saturated heterocycles. The molecule has 0 unspecified atom stereocenters. The summed E-state index contributed by atoms with van der Waals surface area (Å²) in [7, 11) is 1.61. The number of fused-ring (bicyclic) bond motifs is 1. The SMILES string of the molecule is COc1ccc([C@H](CC(=O)N[C@@H]2CCSc3ccccc32)NC(C)=O)cc1. The number of amides is 2. The Hall–Kier alpha value is -2.47. The number of thioether (sulfide) groups is 1. The van der Waals surface area contributed by atoms with Crippen molar-refractivity contribution < 1.29 is 14.3 Å². The summed E-state index contributed by atoms with van der Waals surface area (Å²) in [5.41, 5.74) is 2.04. The van der Waals surface area contributed by atoms with Crippen molar-refractivity contribution in [3.8, 4) is 5.75 Å². The van der Waals surface area contributed by atoms with Gasteiger partial charge in [-0.15, -0.1) is 11.8 Å². The van der Waals surface area contributed by atoms with Crippen molar-refractivity contribution >= 4 is 23.6 Å². The van der Waals surface area contributed by atoms with E-state index in [1.165, 1.54) is 17.4 Å². The van der Waals surface area contributed by atoms with Gasteiger partial charge in [-0.05, 0) is 35.7 Å². The van der Waals surface area contributed by atoms with Gasteiger partial charge in [-0.3, -0.25) is 9.59 Å². The van der Waals surface area contributed by atoms with Crippen molar-refractivity contribution in [1.82, 2.24) is 10.6 Å². The molecule has 2 aromatic carbocycles. The highest BCUT2D eigenvalue weighted by atomic mass is 32.2. The Morgan fingerprint density at radius 1 is 1.19 bits per heavy atom. The van der Waals surface area contributed by atoms with Crippen LogP contribution in [-0.2, 0) is 9.59 Å². The number of nitrogens with one attached hydrogen (secondary N) is 2. The first-order valence-electron chi connectivity index (χ1n) is 8.99. The maximum absolute atomic E-state index is 12.7. The minimum Gasteiger partial charge on any atom is -0.497 e. The quantitative estimate of drug-likeness (QED) is 0.798. The van der Waals surface area contributed by atoms with Gasteiger partial charge >= 0.3 is 0 Å². The minimum atomic E-state index is -0.374. The van der Waals surface area contributed by atoms with Gasteiger partial charge in [0.2, 0.25) is 11.8 Å². The van der Waals surface area contributed by atoms with Crippen molar-refractivity contribution in [3.63, 3.8) is 0 Å². The lowest BCUT2D eigenvalue weighted by atomic mass is 10.0.